The van der Waals surface area contributed by atoms with Gasteiger partial charge >= 0.3 is 0 Å². The minimum atomic E-state index is -3.87. The SMILES string of the molecule is O=c1c2ccccc2nnn1CCNS(=O)(=O)c1cc(Cl)ccc1Cl. The molecule has 3 aromatic rings. The molecule has 0 aliphatic heterocycles. The molecule has 25 heavy (non-hydrogen) atoms. The van der Waals surface area contributed by atoms with Crippen molar-refractivity contribution in [2.45, 2.75) is 11.4 Å². The van der Waals surface area contributed by atoms with Crippen LogP contribution in [0.4, 0.5) is 0 Å². The van der Waals surface area contributed by atoms with Crippen LogP contribution in [0.5, 0.6) is 0 Å². The number of aromatic nitrogens is 3. The third kappa shape index (κ3) is 3.82. The van der Waals surface area contributed by atoms with Crippen LogP contribution in [0.25, 0.3) is 10.9 Å². The number of fused-ring (bicyclic) bond motifs is 1. The van der Waals surface area contributed by atoms with E-state index in [2.05, 4.69) is 15.0 Å². The highest BCUT2D eigenvalue weighted by Crippen LogP contribution is 2.24. The first kappa shape index (κ1) is 17.8. The molecule has 1 heterocycles. The summed E-state index contributed by atoms with van der Waals surface area (Å²) in [4.78, 5) is 12.2. The predicted octanol–water partition coefficient (Wildman–Crippen LogP) is 2.08. The first-order valence-electron chi connectivity index (χ1n) is 7.16. The van der Waals surface area contributed by atoms with E-state index in [0.29, 0.717) is 10.9 Å². The van der Waals surface area contributed by atoms with E-state index >= 15 is 0 Å². The minimum absolute atomic E-state index is 0.0219. The van der Waals surface area contributed by atoms with Gasteiger partial charge in [-0.25, -0.2) is 17.8 Å². The zero-order chi connectivity index (χ0) is 18.0. The van der Waals surface area contributed by atoms with Gasteiger partial charge in [-0.3, -0.25) is 4.79 Å². The van der Waals surface area contributed by atoms with Crippen molar-refractivity contribution in [3.8, 4) is 0 Å². The lowest BCUT2D eigenvalue weighted by atomic mass is 10.2. The van der Waals surface area contributed by atoms with Crippen LogP contribution in [-0.2, 0) is 16.6 Å². The Labute approximate surface area is 153 Å². The highest BCUT2D eigenvalue weighted by atomic mass is 35.5. The summed E-state index contributed by atoms with van der Waals surface area (Å²) in [6, 6.07) is 10.9. The number of rotatable bonds is 5. The second-order valence-corrected chi connectivity index (χ2v) is 7.69. The van der Waals surface area contributed by atoms with E-state index in [1.54, 1.807) is 24.3 Å². The average Bonchev–Trinajstić information content (AvgIpc) is 2.59. The van der Waals surface area contributed by atoms with E-state index in [1.807, 2.05) is 0 Å². The van der Waals surface area contributed by atoms with Crippen LogP contribution in [-0.4, -0.2) is 30.0 Å². The normalized spacial score (nSPS) is 11.8. The van der Waals surface area contributed by atoms with Crippen molar-refractivity contribution in [1.82, 2.24) is 19.7 Å². The van der Waals surface area contributed by atoms with E-state index in [0.717, 1.165) is 4.68 Å². The summed E-state index contributed by atoms with van der Waals surface area (Å²) in [6.07, 6.45) is 0. The Morgan fingerprint density at radius 3 is 2.68 bits per heavy atom. The molecule has 1 aromatic heterocycles. The highest BCUT2D eigenvalue weighted by Gasteiger charge is 2.18. The molecule has 0 aliphatic carbocycles. The van der Waals surface area contributed by atoms with Crippen LogP contribution in [0, 0.1) is 0 Å². The Hall–Kier alpha value is -2.00. The fraction of sp³-hybridized carbons (Fsp3) is 0.133. The number of hydrogen-bond acceptors (Lipinski definition) is 5. The van der Waals surface area contributed by atoms with Crippen molar-refractivity contribution in [2.75, 3.05) is 6.54 Å². The lowest BCUT2D eigenvalue weighted by Gasteiger charge is -2.09. The molecule has 3 rings (SSSR count). The van der Waals surface area contributed by atoms with Gasteiger partial charge in [-0.05, 0) is 30.3 Å². The van der Waals surface area contributed by atoms with Gasteiger partial charge < -0.3 is 0 Å². The topological polar surface area (TPSA) is 93.9 Å². The minimum Gasteiger partial charge on any atom is -0.267 e. The van der Waals surface area contributed by atoms with Gasteiger partial charge in [-0.15, -0.1) is 5.10 Å². The number of halogens is 2. The van der Waals surface area contributed by atoms with Gasteiger partial charge in [0.1, 0.15) is 10.4 Å². The molecule has 130 valence electrons. The van der Waals surface area contributed by atoms with E-state index in [-0.39, 0.29) is 33.6 Å². The lowest BCUT2D eigenvalue weighted by molar-refractivity contribution is 0.531. The monoisotopic (exact) mass is 398 g/mol. The molecule has 0 aliphatic rings. The van der Waals surface area contributed by atoms with Gasteiger partial charge in [0.05, 0.1) is 17.0 Å². The van der Waals surface area contributed by atoms with Crippen LogP contribution in [0.15, 0.2) is 52.2 Å². The molecular formula is C15H12Cl2N4O3S. The molecule has 0 amide bonds. The number of nitrogens with one attached hydrogen (secondary N) is 1. The third-order valence-electron chi connectivity index (χ3n) is 3.43. The lowest BCUT2D eigenvalue weighted by Crippen LogP contribution is -2.32. The molecule has 0 radical (unpaired) electrons. The van der Waals surface area contributed by atoms with Gasteiger partial charge in [0.25, 0.3) is 5.56 Å². The van der Waals surface area contributed by atoms with Crippen LogP contribution < -0.4 is 10.3 Å². The summed E-state index contributed by atoms with van der Waals surface area (Å²) in [6.45, 7) is -0.0355. The first-order chi connectivity index (χ1) is 11.9. The molecule has 0 fully saturated rings. The Morgan fingerprint density at radius 1 is 1.12 bits per heavy atom. The third-order valence-corrected chi connectivity index (χ3v) is 5.61. The first-order valence-corrected chi connectivity index (χ1v) is 9.40. The Bertz CT molecular complexity index is 1100. The standard InChI is InChI=1S/C15H12Cl2N4O3S/c16-10-5-6-12(17)14(9-10)25(23,24)18-7-8-21-15(22)11-3-1-2-4-13(11)19-20-21/h1-6,9,18H,7-8H2. The van der Waals surface area contributed by atoms with Gasteiger partial charge in [0, 0.05) is 11.6 Å². The van der Waals surface area contributed by atoms with Gasteiger partial charge in [-0.2, -0.15) is 0 Å². The van der Waals surface area contributed by atoms with Crippen molar-refractivity contribution in [2.24, 2.45) is 0 Å². The maximum Gasteiger partial charge on any atom is 0.277 e. The highest BCUT2D eigenvalue weighted by molar-refractivity contribution is 7.89. The number of nitrogens with zero attached hydrogens (tertiary/aromatic N) is 3. The fourth-order valence-electron chi connectivity index (χ4n) is 2.22. The Balaban J connectivity index is 1.78. The number of benzene rings is 2. The summed E-state index contributed by atoms with van der Waals surface area (Å²) in [5.74, 6) is 0. The summed E-state index contributed by atoms with van der Waals surface area (Å²) in [7, 11) is -3.87. The van der Waals surface area contributed by atoms with E-state index in [9.17, 15) is 13.2 Å². The summed E-state index contributed by atoms with van der Waals surface area (Å²) < 4.78 is 28.1. The molecule has 10 heteroatoms. The molecule has 0 saturated heterocycles. The number of hydrogen-bond donors (Lipinski definition) is 1. The summed E-state index contributed by atoms with van der Waals surface area (Å²) in [5, 5.41) is 8.46. The predicted molar refractivity (Wildman–Crippen MR) is 95.4 cm³/mol. The second kappa shape index (κ2) is 7.09. The Kier molecular flexibility index (Phi) is 5.05. The molecular weight excluding hydrogens is 387 g/mol. The maximum atomic E-state index is 12.3. The quantitative estimate of drug-likeness (QED) is 0.709. The van der Waals surface area contributed by atoms with E-state index in [4.69, 9.17) is 23.2 Å². The Morgan fingerprint density at radius 2 is 1.88 bits per heavy atom. The summed E-state index contributed by atoms with van der Waals surface area (Å²) >= 11 is 11.7. The van der Waals surface area contributed by atoms with Crippen molar-refractivity contribution in [3.63, 3.8) is 0 Å². The smallest absolute Gasteiger partial charge is 0.267 e. The molecule has 1 N–H and O–H groups in total. The van der Waals surface area contributed by atoms with Crippen LogP contribution >= 0.6 is 23.2 Å². The van der Waals surface area contributed by atoms with Gasteiger partial charge in [-0.1, -0.05) is 40.5 Å². The van der Waals surface area contributed by atoms with Crippen LogP contribution in [0.3, 0.4) is 0 Å². The molecule has 0 spiro atoms. The average molecular weight is 399 g/mol. The van der Waals surface area contributed by atoms with Crippen LogP contribution in [0.2, 0.25) is 10.0 Å². The van der Waals surface area contributed by atoms with Gasteiger partial charge in [0.15, 0.2) is 0 Å². The van der Waals surface area contributed by atoms with E-state index in [1.165, 1.54) is 18.2 Å². The largest absolute Gasteiger partial charge is 0.277 e. The van der Waals surface area contributed by atoms with Crippen molar-refractivity contribution < 1.29 is 8.42 Å². The van der Waals surface area contributed by atoms with Crippen molar-refractivity contribution >= 4 is 44.1 Å². The molecule has 0 bridgehead atoms. The maximum absolute atomic E-state index is 12.3. The fourth-order valence-corrected chi connectivity index (χ4v) is 4.00. The molecule has 7 nitrogen and oxygen atoms in total. The van der Waals surface area contributed by atoms with E-state index < -0.39 is 10.0 Å². The van der Waals surface area contributed by atoms with Crippen molar-refractivity contribution in [3.05, 3.63) is 62.9 Å². The molecule has 0 saturated carbocycles. The van der Waals surface area contributed by atoms with Gasteiger partial charge in [0.2, 0.25) is 10.0 Å². The molecule has 2 aromatic carbocycles. The molecule has 0 atom stereocenters. The van der Waals surface area contributed by atoms with Crippen LogP contribution in [0.1, 0.15) is 0 Å². The zero-order valence-corrected chi connectivity index (χ0v) is 15.0. The van der Waals surface area contributed by atoms with Crippen molar-refractivity contribution in [1.29, 1.82) is 0 Å². The number of sulfonamides is 1. The molecule has 0 unspecified atom stereocenters. The second-order valence-electron chi connectivity index (χ2n) is 5.11. The zero-order valence-electron chi connectivity index (χ0n) is 12.7. The summed E-state index contributed by atoms with van der Waals surface area (Å²) in [5.41, 5.74) is 0.139.